The second-order valence-electron chi connectivity index (χ2n) is 8.37. The van der Waals surface area contributed by atoms with E-state index >= 15 is 0 Å². The zero-order valence-corrected chi connectivity index (χ0v) is 19.6. The number of pyridine rings is 1. The van der Waals surface area contributed by atoms with Crippen LogP contribution in [0.1, 0.15) is 29.8 Å². The van der Waals surface area contributed by atoms with Crippen LogP contribution in [0.15, 0.2) is 42.9 Å². The highest BCUT2D eigenvalue weighted by Crippen LogP contribution is 2.40. The smallest absolute Gasteiger partial charge is 0.475 e. The van der Waals surface area contributed by atoms with E-state index in [2.05, 4.69) is 19.9 Å². The Labute approximate surface area is 211 Å². The average Bonchev–Trinajstić information content (AvgIpc) is 3.27. The number of halogens is 6. The lowest BCUT2D eigenvalue weighted by Crippen LogP contribution is -2.46. The summed E-state index contributed by atoms with van der Waals surface area (Å²) >= 11 is 0. The summed E-state index contributed by atoms with van der Waals surface area (Å²) in [6.07, 6.45) is -1.61. The first-order valence-electron chi connectivity index (χ1n) is 11.0. The summed E-state index contributed by atoms with van der Waals surface area (Å²) in [5, 5.41) is 14.2. The maximum Gasteiger partial charge on any atom is 0.490 e. The Morgan fingerprint density at radius 3 is 1.84 bits per heavy atom. The zero-order valence-electron chi connectivity index (χ0n) is 19.6. The molecule has 2 aromatic rings. The van der Waals surface area contributed by atoms with Gasteiger partial charge < -0.3 is 20.0 Å². The van der Waals surface area contributed by atoms with Crippen molar-refractivity contribution >= 4 is 23.8 Å². The summed E-state index contributed by atoms with van der Waals surface area (Å²) in [5.41, 5.74) is 0.690. The Morgan fingerprint density at radius 2 is 1.34 bits per heavy atom. The molecule has 1 unspecified atom stereocenters. The number of piperidine rings is 1. The standard InChI is InChI=1S/C18H21N5O.2C2HF3O2/c24-16(15-5-1-2-8-19-15)22-12-7-18(13-22)6-3-11-23(14-18)17-20-9-4-10-21-17;2*3-2(4,5)1(6)7/h1-2,4-5,8-10H,3,6-7,11-14H2;2*(H,6,7). The van der Waals surface area contributed by atoms with Crippen LogP contribution in [0.25, 0.3) is 0 Å². The highest BCUT2D eigenvalue weighted by Gasteiger charge is 2.43. The summed E-state index contributed by atoms with van der Waals surface area (Å²) < 4.78 is 63.5. The van der Waals surface area contributed by atoms with Crippen LogP contribution in [0.2, 0.25) is 0 Å². The van der Waals surface area contributed by atoms with Gasteiger partial charge in [0.25, 0.3) is 5.91 Å². The molecule has 0 aliphatic carbocycles. The monoisotopic (exact) mass is 551 g/mol. The largest absolute Gasteiger partial charge is 0.490 e. The topological polar surface area (TPSA) is 137 Å². The Hall–Kier alpha value is -3.98. The fourth-order valence-electron chi connectivity index (χ4n) is 3.93. The van der Waals surface area contributed by atoms with E-state index in [1.54, 1.807) is 24.7 Å². The average molecular weight is 551 g/mol. The van der Waals surface area contributed by atoms with Gasteiger partial charge in [-0.25, -0.2) is 19.6 Å². The number of carbonyl (C=O) groups excluding carboxylic acids is 1. The second-order valence-corrected chi connectivity index (χ2v) is 8.37. The van der Waals surface area contributed by atoms with Crippen LogP contribution in [-0.4, -0.2) is 86.4 Å². The van der Waals surface area contributed by atoms with Gasteiger partial charge in [-0.3, -0.25) is 9.78 Å². The Bertz CT molecular complexity index is 1060. The van der Waals surface area contributed by atoms with E-state index in [0.29, 0.717) is 5.69 Å². The van der Waals surface area contributed by atoms with Crippen molar-refractivity contribution in [1.82, 2.24) is 19.9 Å². The molecule has 2 N–H and O–H groups in total. The lowest BCUT2D eigenvalue weighted by Gasteiger charge is -2.40. The van der Waals surface area contributed by atoms with Crippen molar-refractivity contribution < 1.29 is 50.9 Å². The number of amides is 1. The van der Waals surface area contributed by atoms with Crippen LogP contribution in [-0.2, 0) is 9.59 Å². The van der Waals surface area contributed by atoms with Crippen molar-refractivity contribution in [2.45, 2.75) is 31.6 Å². The van der Waals surface area contributed by atoms with E-state index < -0.39 is 24.3 Å². The number of hydrogen-bond donors (Lipinski definition) is 2. The molecule has 0 aromatic carbocycles. The Kier molecular flexibility index (Phi) is 9.96. The van der Waals surface area contributed by atoms with Crippen molar-refractivity contribution in [2.24, 2.45) is 5.41 Å². The van der Waals surface area contributed by atoms with Crippen molar-refractivity contribution in [1.29, 1.82) is 0 Å². The SMILES string of the molecule is O=C(O)C(F)(F)F.O=C(O)C(F)(F)F.O=C(c1ccccn1)N1CCC2(CCCN(c3ncccn3)C2)C1. The number of rotatable bonds is 2. The fourth-order valence-corrected chi connectivity index (χ4v) is 3.93. The van der Waals surface area contributed by atoms with Gasteiger partial charge in [0.1, 0.15) is 5.69 Å². The van der Waals surface area contributed by atoms with E-state index in [4.69, 9.17) is 19.8 Å². The third-order valence-corrected chi connectivity index (χ3v) is 5.59. The van der Waals surface area contributed by atoms with Gasteiger partial charge >= 0.3 is 24.3 Å². The molecule has 38 heavy (non-hydrogen) atoms. The second kappa shape index (κ2) is 12.5. The fraction of sp³-hybridized carbons (Fsp3) is 0.455. The molecule has 208 valence electrons. The van der Waals surface area contributed by atoms with E-state index in [-0.39, 0.29) is 11.3 Å². The maximum atomic E-state index is 12.6. The molecule has 10 nitrogen and oxygen atoms in total. The van der Waals surface area contributed by atoms with Gasteiger partial charge in [-0.05, 0) is 37.5 Å². The van der Waals surface area contributed by atoms with Gasteiger partial charge in [0, 0.05) is 50.2 Å². The van der Waals surface area contributed by atoms with Crippen molar-refractivity contribution in [3.63, 3.8) is 0 Å². The summed E-state index contributed by atoms with van der Waals surface area (Å²) in [7, 11) is 0. The van der Waals surface area contributed by atoms with Gasteiger partial charge in [-0.1, -0.05) is 6.07 Å². The zero-order chi connectivity index (χ0) is 28.6. The number of carboxylic acids is 2. The van der Waals surface area contributed by atoms with Gasteiger partial charge in [0.05, 0.1) is 0 Å². The summed E-state index contributed by atoms with van der Waals surface area (Å²) in [4.78, 5) is 47.6. The molecule has 2 saturated heterocycles. The summed E-state index contributed by atoms with van der Waals surface area (Å²) in [6.45, 7) is 3.51. The number of carboxylic acid groups (broad SMARTS) is 2. The van der Waals surface area contributed by atoms with Crippen molar-refractivity contribution in [2.75, 3.05) is 31.1 Å². The van der Waals surface area contributed by atoms with E-state index in [0.717, 1.165) is 51.4 Å². The highest BCUT2D eigenvalue weighted by molar-refractivity contribution is 5.92. The molecule has 4 rings (SSSR count). The molecule has 2 aliphatic heterocycles. The van der Waals surface area contributed by atoms with Crippen molar-refractivity contribution in [3.8, 4) is 0 Å². The molecular weight excluding hydrogens is 528 g/mol. The number of hydrogen-bond acceptors (Lipinski definition) is 7. The minimum Gasteiger partial charge on any atom is -0.475 e. The molecule has 2 fully saturated rings. The number of carbonyl (C=O) groups is 3. The highest BCUT2D eigenvalue weighted by atomic mass is 19.4. The third kappa shape index (κ3) is 8.85. The maximum absolute atomic E-state index is 12.6. The molecule has 1 spiro atoms. The van der Waals surface area contributed by atoms with Gasteiger partial charge in [0.2, 0.25) is 5.95 Å². The van der Waals surface area contributed by atoms with Crippen LogP contribution >= 0.6 is 0 Å². The number of nitrogens with zero attached hydrogens (tertiary/aromatic N) is 5. The molecule has 4 heterocycles. The molecule has 2 aromatic heterocycles. The first-order valence-corrected chi connectivity index (χ1v) is 11.0. The van der Waals surface area contributed by atoms with Crippen LogP contribution < -0.4 is 4.90 Å². The normalized spacial score (nSPS) is 19.1. The first kappa shape index (κ1) is 30.2. The predicted octanol–water partition coefficient (Wildman–Crippen LogP) is 3.27. The van der Waals surface area contributed by atoms with Gasteiger partial charge in [-0.2, -0.15) is 26.3 Å². The molecule has 2 aliphatic rings. The first-order chi connectivity index (χ1) is 17.6. The minimum atomic E-state index is -5.08. The van der Waals surface area contributed by atoms with Crippen LogP contribution in [0.5, 0.6) is 0 Å². The van der Waals surface area contributed by atoms with Crippen LogP contribution in [0.4, 0.5) is 32.3 Å². The van der Waals surface area contributed by atoms with E-state index in [1.807, 2.05) is 23.1 Å². The number of alkyl halides is 6. The summed E-state index contributed by atoms with van der Waals surface area (Å²) in [5.74, 6) is -4.67. The summed E-state index contributed by atoms with van der Waals surface area (Å²) in [6, 6.07) is 7.33. The lowest BCUT2D eigenvalue weighted by atomic mass is 9.79. The third-order valence-electron chi connectivity index (χ3n) is 5.59. The lowest BCUT2D eigenvalue weighted by molar-refractivity contribution is -0.193. The number of aliphatic carboxylic acids is 2. The number of aromatic nitrogens is 3. The Balaban J connectivity index is 0.000000301. The predicted molar refractivity (Wildman–Crippen MR) is 118 cm³/mol. The molecule has 0 radical (unpaired) electrons. The Morgan fingerprint density at radius 1 is 0.789 bits per heavy atom. The number of anilines is 1. The molecule has 1 amide bonds. The molecular formula is C22H23F6N5O5. The minimum absolute atomic E-state index is 0.0422. The van der Waals surface area contributed by atoms with E-state index in [9.17, 15) is 31.1 Å². The quantitative estimate of drug-likeness (QED) is 0.539. The molecule has 1 atom stereocenters. The van der Waals surface area contributed by atoms with E-state index in [1.165, 1.54) is 0 Å². The van der Waals surface area contributed by atoms with Crippen LogP contribution in [0.3, 0.4) is 0 Å². The van der Waals surface area contributed by atoms with Crippen LogP contribution in [0, 0.1) is 5.41 Å². The number of likely N-dealkylation sites (tertiary alicyclic amines) is 1. The van der Waals surface area contributed by atoms with Gasteiger partial charge in [-0.15, -0.1) is 0 Å². The van der Waals surface area contributed by atoms with Gasteiger partial charge in [0.15, 0.2) is 0 Å². The molecule has 0 saturated carbocycles. The molecule has 16 heteroatoms. The van der Waals surface area contributed by atoms with Crippen molar-refractivity contribution in [3.05, 3.63) is 48.5 Å². The molecule has 0 bridgehead atoms.